The number of anilines is 1. The summed E-state index contributed by atoms with van der Waals surface area (Å²) in [6.45, 7) is 0.317. The zero-order valence-corrected chi connectivity index (χ0v) is 12.3. The zero-order chi connectivity index (χ0) is 14.5. The van der Waals surface area contributed by atoms with E-state index in [1.54, 1.807) is 12.1 Å². The number of methoxy groups -OCH3 is 3. The van der Waals surface area contributed by atoms with Crippen LogP contribution < -0.4 is 19.5 Å². The molecule has 108 valence electrons. The van der Waals surface area contributed by atoms with Crippen molar-refractivity contribution in [3.63, 3.8) is 0 Å². The minimum absolute atomic E-state index is 0.0592. The maximum absolute atomic E-state index is 11.1. The maximum Gasteiger partial charge on any atom is 0.203 e. The number of sulfone groups is 1. The lowest BCUT2D eigenvalue weighted by molar-refractivity contribution is 0.324. The van der Waals surface area contributed by atoms with E-state index >= 15 is 0 Å². The molecule has 0 atom stereocenters. The summed E-state index contributed by atoms with van der Waals surface area (Å²) in [5, 5.41) is 3.01. The summed E-state index contributed by atoms with van der Waals surface area (Å²) in [4.78, 5) is 0. The third-order valence-electron chi connectivity index (χ3n) is 2.47. The molecule has 0 aliphatic carbocycles. The van der Waals surface area contributed by atoms with Crippen LogP contribution in [0.2, 0.25) is 0 Å². The molecule has 0 fully saturated rings. The average Bonchev–Trinajstić information content (AvgIpc) is 2.35. The van der Waals surface area contributed by atoms with Crippen LogP contribution in [0.5, 0.6) is 17.2 Å². The molecular weight excluding hydrogens is 270 g/mol. The number of ether oxygens (including phenoxy) is 3. The lowest BCUT2D eigenvalue weighted by Gasteiger charge is -2.14. The van der Waals surface area contributed by atoms with Crippen LogP contribution in [0.25, 0.3) is 0 Å². The van der Waals surface area contributed by atoms with Gasteiger partial charge < -0.3 is 19.5 Å². The van der Waals surface area contributed by atoms with Crippen molar-refractivity contribution < 1.29 is 22.6 Å². The van der Waals surface area contributed by atoms with Crippen LogP contribution in [-0.4, -0.2) is 48.3 Å². The van der Waals surface area contributed by atoms with E-state index in [0.29, 0.717) is 29.5 Å². The van der Waals surface area contributed by atoms with Gasteiger partial charge in [0, 0.05) is 30.6 Å². The molecule has 0 aliphatic heterocycles. The first kappa shape index (κ1) is 15.4. The van der Waals surface area contributed by atoms with E-state index in [1.807, 2.05) is 0 Å². The molecule has 0 aliphatic rings. The maximum atomic E-state index is 11.1. The fraction of sp³-hybridized carbons (Fsp3) is 0.500. The van der Waals surface area contributed by atoms with E-state index in [-0.39, 0.29) is 5.75 Å². The molecule has 19 heavy (non-hydrogen) atoms. The van der Waals surface area contributed by atoms with E-state index in [2.05, 4.69) is 5.32 Å². The molecule has 0 unspecified atom stereocenters. The Labute approximate surface area is 113 Å². The van der Waals surface area contributed by atoms with Crippen molar-refractivity contribution in [2.45, 2.75) is 0 Å². The SMILES string of the molecule is COc1cc(NCCS(C)(=O)=O)cc(OC)c1OC. The second-order valence-corrected chi connectivity index (χ2v) is 6.23. The first-order valence-electron chi connectivity index (χ1n) is 5.63. The van der Waals surface area contributed by atoms with Crippen LogP contribution in [0.1, 0.15) is 0 Å². The Morgan fingerprint density at radius 1 is 1.05 bits per heavy atom. The molecule has 6 nitrogen and oxygen atoms in total. The minimum atomic E-state index is -2.99. The number of benzene rings is 1. The summed E-state index contributed by atoms with van der Waals surface area (Å²) in [6.07, 6.45) is 1.20. The third kappa shape index (κ3) is 4.51. The molecule has 0 saturated heterocycles. The highest BCUT2D eigenvalue weighted by molar-refractivity contribution is 7.90. The van der Waals surface area contributed by atoms with Crippen molar-refractivity contribution >= 4 is 15.5 Å². The van der Waals surface area contributed by atoms with Gasteiger partial charge in [-0.3, -0.25) is 0 Å². The largest absolute Gasteiger partial charge is 0.493 e. The van der Waals surface area contributed by atoms with Crippen LogP contribution >= 0.6 is 0 Å². The van der Waals surface area contributed by atoms with Crippen molar-refractivity contribution in [2.75, 3.05) is 45.2 Å². The van der Waals surface area contributed by atoms with E-state index < -0.39 is 9.84 Å². The first-order valence-corrected chi connectivity index (χ1v) is 7.69. The van der Waals surface area contributed by atoms with Gasteiger partial charge in [0.15, 0.2) is 11.5 Å². The topological polar surface area (TPSA) is 73.9 Å². The van der Waals surface area contributed by atoms with Crippen LogP contribution in [0.3, 0.4) is 0 Å². The first-order chi connectivity index (χ1) is 8.91. The quantitative estimate of drug-likeness (QED) is 0.812. The van der Waals surface area contributed by atoms with Crippen LogP contribution in [0, 0.1) is 0 Å². The van der Waals surface area contributed by atoms with Crippen LogP contribution in [0.4, 0.5) is 5.69 Å². The summed E-state index contributed by atoms with van der Waals surface area (Å²) in [7, 11) is 1.59. The predicted molar refractivity (Wildman–Crippen MR) is 74.3 cm³/mol. The smallest absolute Gasteiger partial charge is 0.203 e. The van der Waals surface area contributed by atoms with Gasteiger partial charge in [-0.2, -0.15) is 0 Å². The van der Waals surface area contributed by atoms with E-state index in [0.717, 1.165) is 0 Å². The zero-order valence-electron chi connectivity index (χ0n) is 11.5. The molecule has 0 amide bonds. The molecule has 1 aromatic rings. The summed E-state index contributed by atoms with van der Waals surface area (Å²) in [6, 6.07) is 3.45. The molecule has 0 spiro atoms. The minimum Gasteiger partial charge on any atom is -0.493 e. The van der Waals surface area contributed by atoms with Gasteiger partial charge in [0.1, 0.15) is 9.84 Å². The van der Waals surface area contributed by atoms with Gasteiger partial charge >= 0.3 is 0 Å². The van der Waals surface area contributed by atoms with E-state index in [4.69, 9.17) is 14.2 Å². The van der Waals surface area contributed by atoms with E-state index in [9.17, 15) is 8.42 Å². The molecule has 0 bridgehead atoms. The van der Waals surface area contributed by atoms with Crippen molar-refractivity contribution in [3.8, 4) is 17.2 Å². The Morgan fingerprint density at radius 2 is 1.58 bits per heavy atom. The number of rotatable bonds is 7. The normalized spacial score (nSPS) is 10.9. The van der Waals surface area contributed by atoms with Gasteiger partial charge in [0.2, 0.25) is 5.75 Å². The van der Waals surface area contributed by atoms with Gasteiger partial charge in [-0.1, -0.05) is 0 Å². The number of nitrogens with one attached hydrogen (secondary N) is 1. The average molecular weight is 289 g/mol. The van der Waals surface area contributed by atoms with Crippen molar-refractivity contribution in [2.24, 2.45) is 0 Å². The molecule has 0 radical (unpaired) electrons. The molecule has 0 saturated carbocycles. The highest BCUT2D eigenvalue weighted by atomic mass is 32.2. The summed E-state index contributed by atoms with van der Waals surface area (Å²) in [5.74, 6) is 1.59. The van der Waals surface area contributed by atoms with Gasteiger partial charge in [-0.25, -0.2) is 8.42 Å². The monoisotopic (exact) mass is 289 g/mol. The summed E-state index contributed by atoms with van der Waals surface area (Å²) < 4.78 is 37.7. The number of hydrogen-bond acceptors (Lipinski definition) is 6. The molecule has 7 heteroatoms. The highest BCUT2D eigenvalue weighted by Crippen LogP contribution is 2.39. The molecule has 0 aromatic heterocycles. The Balaban J connectivity index is 2.90. The molecule has 1 N–H and O–H groups in total. The number of hydrogen-bond donors (Lipinski definition) is 1. The Morgan fingerprint density at radius 3 is 1.95 bits per heavy atom. The molecule has 0 heterocycles. The van der Waals surface area contributed by atoms with Crippen molar-refractivity contribution in [1.82, 2.24) is 0 Å². The van der Waals surface area contributed by atoms with Crippen LogP contribution in [-0.2, 0) is 9.84 Å². The predicted octanol–water partition coefficient (Wildman–Crippen LogP) is 1.17. The molecule has 1 rings (SSSR count). The molecule has 1 aromatic carbocycles. The summed E-state index contributed by atoms with van der Waals surface area (Å²) in [5.41, 5.74) is 0.707. The third-order valence-corrected chi connectivity index (χ3v) is 3.41. The molecular formula is C12H19NO5S. The lowest BCUT2D eigenvalue weighted by Crippen LogP contribution is -2.14. The van der Waals surface area contributed by atoms with E-state index in [1.165, 1.54) is 27.6 Å². The Hall–Kier alpha value is -1.63. The van der Waals surface area contributed by atoms with Gasteiger partial charge in [0.25, 0.3) is 0 Å². The Kier molecular flexibility index (Phi) is 5.29. The van der Waals surface area contributed by atoms with Gasteiger partial charge in [0.05, 0.1) is 27.1 Å². The van der Waals surface area contributed by atoms with Crippen molar-refractivity contribution in [3.05, 3.63) is 12.1 Å². The standard InChI is InChI=1S/C12H19NO5S/c1-16-10-7-9(13-5-6-19(4,14)15)8-11(17-2)12(10)18-3/h7-8,13H,5-6H2,1-4H3. The second kappa shape index (κ2) is 6.51. The second-order valence-electron chi connectivity index (χ2n) is 3.97. The van der Waals surface area contributed by atoms with Crippen LogP contribution in [0.15, 0.2) is 12.1 Å². The Bertz CT molecular complexity index is 502. The lowest BCUT2D eigenvalue weighted by atomic mass is 10.2. The van der Waals surface area contributed by atoms with Crippen molar-refractivity contribution in [1.29, 1.82) is 0 Å². The highest BCUT2D eigenvalue weighted by Gasteiger charge is 2.13. The fourth-order valence-electron chi connectivity index (χ4n) is 1.56. The fourth-order valence-corrected chi connectivity index (χ4v) is 2.04. The van der Waals surface area contributed by atoms with Gasteiger partial charge in [-0.05, 0) is 0 Å². The van der Waals surface area contributed by atoms with Gasteiger partial charge in [-0.15, -0.1) is 0 Å². The summed E-state index contributed by atoms with van der Waals surface area (Å²) >= 11 is 0.